The fraction of sp³-hybridized carbons (Fsp3) is 0.233. The van der Waals surface area contributed by atoms with Crippen LogP contribution in [0.5, 0.6) is 23.0 Å². The number of nitrogens with zero attached hydrogens (tertiary/aromatic N) is 4. The second-order valence-corrected chi connectivity index (χ2v) is 16.8. The molecule has 0 saturated carbocycles. The first-order valence-electron chi connectivity index (χ1n) is 13.7. The SMILES string of the molecule is C=C(O)Cc1cc(I)c(Oc2cc(I)c(OCc3cnnn3CCOCCOc3c(I)cc(CN=C(N)N)cc3I)c(I)c2)c(I)c1. The summed E-state index contributed by atoms with van der Waals surface area (Å²) in [5.41, 5.74) is 13.7. The molecule has 1 aromatic heterocycles. The van der Waals surface area contributed by atoms with E-state index in [2.05, 4.69) is 157 Å². The van der Waals surface area contributed by atoms with Crippen molar-refractivity contribution in [2.45, 2.75) is 26.1 Å². The van der Waals surface area contributed by atoms with Crippen LogP contribution in [0.15, 0.2) is 59.9 Å². The monoisotopic (exact) mass is 1310 g/mol. The van der Waals surface area contributed by atoms with Crippen LogP contribution in [0.1, 0.15) is 16.8 Å². The number of rotatable bonds is 16. The fourth-order valence-corrected chi connectivity index (χ4v) is 10.5. The van der Waals surface area contributed by atoms with Gasteiger partial charge in [-0.1, -0.05) is 11.8 Å². The molecule has 3 aromatic carbocycles. The van der Waals surface area contributed by atoms with Crippen molar-refractivity contribution in [3.05, 3.63) is 93.2 Å². The van der Waals surface area contributed by atoms with E-state index in [-0.39, 0.29) is 11.7 Å². The Labute approximate surface area is 354 Å². The highest BCUT2D eigenvalue weighted by molar-refractivity contribution is 14.1. The number of hydrogen-bond donors (Lipinski definition) is 3. The Hall–Kier alpha value is -0.650. The highest BCUT2D eigenvalue weighted by Crippen LogP contribution is 2.38. The minimum absolute atomic E-state index is 0.0655. The summed E-state index contributed by atoms with van der Waals surface area (Å²) in [6.07, 6.45) is 2.10. The highest BCUT2D eigenvalue weighted by atomic mass is 127. The van der Waals surface area contributed by atoms with E-state index in [0.717, 1.165) is 55.5 Å². The number of aliphatic hydroxyl groups is 1. The Morgan fingerprint density at radius 3 is 1.98 bits per heavy atom. The van der Waals surface area contributed by atoms with Gasteiger partial charge in [-0.3, -0.25) is 0 Å². The van der Waals surface area contributed by atoms with Gasteiger partial charge in [0.25, 0.3) is 0 Å². The van der Waals surface area contributed by atoms with Gasteiger partial charge in [0.2, 0.25) is 0 Å². The third kappa shape index (κ3) is 12.0. The molecule has 47 heavy (non-hydrogen) atoms. The van der Waals surface area contributed by atoms with E-state index in [1.165, 1.54) is 0 Å². The summed E-state index contributed by atoms with van der Waals surface area (Å²) < 4.78 is 31.8. The molecule has 0 aliphatic heterocycles. The average Bonchev–Trinajstić information content (AvgIpc) is 3.43. The first kappa shape index (κ1) is 39.1. The molecule has 0 bridgehead atoms. The zero-order valence-electron chi connectivity index (χ0n) is 24.5. The maximum atomic E-state index is 9.57. The number of aromatic nitrogens is 3. The summed E-state index contributed by atoms with van der Waals surface area (Å²) in [7, 11) is 0. The molecule has 1 heterocycles. The van der Waals surface area contributed by atoms with Gasteiger partial charge in [-0.05, 0) is 183 Å². The van der Waals surface area contributed by atoms with Gasteiger partial charge in [0.1, 0.15) is 30.5 Å². The summed E-state index contributed by atoms with van der Waals surface area (Å²) in [4.78, 5) is 4.07. The molecule has 0 aliphatic rings. The number of allylic oxidation sites excluding steroid dienone is 1. The Balaban J connectivity index is 1.26. The maximum Gasteiger partial charge on any atom is 0.186 e. The van der Waals surface area contributed by atoms with E-state index < -0.39 is 0 Å². The standard InChI is InChI=1S/C30H28I6N6O5/c1-16(43)6-17-7-23(33)29(24(34)8-17)47-20-11-25(35)28(26(36)12-20)46-15-19-14-40-41-42(19)2-3-44-4-5-45-27-21(31)9-18(10-22(27)32)13-39-30(37)38/h7-12,14,43H,1-6,13,15H2,(H4,37,38,39). The molecule has 0 saturated heterocycles. The number of ether oxygens (including phenoxy) is 4. The van der Waals surface area contributed by atoms with Crippen LogP contribution in [0, 0.1) is 21.4 Å². The quantitative estimate of drug-likeness (QED) is 0.0336. The predicted molar refractivity (Wildman–Crippen MR) is 231 cm³/mol. The Morgan fingerprint density at radius 1 is 0.787 bits per heavy atom. The summed E-state index contributed by atoms with van der Waals surface area (Å²) in [5.74, 6) is 3.24. The molecule has 0 aliphatic carbocycles. The summed E-state index contributed by atoms with van der Waals surface area (Å²) >= 11 is 13.5. The third-order valence-corrected chi connectivity index (χ3v) is 11.0. The maximum absolute atomic E-state index is 9.57. The van der Waals surface area contributed by atoms with Gasteiger partial charge in [0.15, 0.2) is 11.7 Å². The Kier molecular flexibility index (Phi) is 15.9. The van der Waals surface area contributed by atoms with Crippen molar-refractivity contribution in [2.75, 3.05) is 19.8 Å². The number of halogens is 6. The Morgan fingerprint density at radius 2 is 1.36 bits per heavy atom. The number of aliphatic hydroxyl groups excluding tert-OH is 1. The van der Waals surface area contributed by atoms with Crippen LogP contribution in [0.25, 0.3) is 0 Å². The second-order valence-electron chi connectivity index (χ2n) is 9.78. The van der Waals surface area contributed by atoms with E-state index >= 15 is 0 Å². The molecule has 0 atom stereocenters. The molecule has 0 radical (unpaired) electrons. The molecule has 0 fully saturated rings. The second kappa shape index (κ2) is 19.1. The molecule has 0 amide bonds. The van der Waals surface area contributed by atoms with Crippen molar-refractivity contribution in [3.63, 3.8) is 0 Å². The lowest BCUT2D eigenvalue weighted by atomic mass is 10.1. The lowest BCUT2D eigenvalue weighted by Crippen LogP contribution is -2.22. The van der Waals surface area contributed by atoms with Crippen molar-refractivity contribution < 1.29 is 24.1 Å². The van der Waals surface area contributed by atoms with Crippen molar-refractivity contribution in [2.24, 2.45) is 16.5 Å². The molecule has 4 aromatic rings. The van der Waals surface area contributed by atoms with Gasteiger partial charge < -0.3 is 35.5 Å². The van der Waals surface area contributed by atoms with Gasteiger partial charge in [-0.2, -0.15) is 0 Å². The van der Waals surface area contributed by atoms with E-state index in [1.54, 1.807) is 10.9 Å². The van der Waals surface area contributed by atoms with Crippen LogP contribution in [-0.2, 0) is 30.9 Å². The largest absolute Gasteiger partial charge is 0.513 e. The van der Waals surface area contributed by atoms with Crippen molar-refractivity contribution in [1.29, 1.82) is 0 Å². The molecular formula is C30H28I6N6O5. The molecule has 250 valence electrons. The first-order valence-corrected chi connectivity index (χ1v) is 20.1. The number of hydrogen-bond acceptors (Lipinski definition) is 8. The highest BCUT2D eigenvalue weighted by Gasteiger charge is 2.16. The van der Waals surface area contributed by atoms with Gasteiger partial charge in [-0.25, -0.2) is 9.67 Å². The van der Waals surface area contributed by atoms with E-state index in [9.17, 15) is 5.11 Å². The predicted octanol–water partition coefficient (Wildman–Crippen LogP) is 7.76. The van der Waals surface area contributed by atoms with Crippen molar-refractivity contribution in [1.82, 2.24) is 15.0 Å². The topological polar surface area (TPSA) is 152 Å². The van der Waals surface area contributed by atoms with Gasteiger partial charge >= 0.3 is 0 Å². The molecule has 17 heteroatoms. The van der Waals surface area contributed by atoms with Crippen molar-refractivity contribution >= 4 is 142 Å². The fourth-order valence-electron chi connectivity index (χ4n) is 4.10. The summed E-state index contributed by atoms with van der Waals surface area (Å²) in [6.45, 7) is 6.11. The Bertz CT molecular complexity index is 1700. The zero-order valence-corrected chi connectivity index (χ0v) is 37.4. The van der Waals surface area contributed by atoms with E-state index in [0.29, 0.717) is 51.7 Å². The number of nitrogens with two attached hydrogens (primary N) is 2. The number of aliphatic imine (C=N–C) groups is 1. The number of guanidine groups is 1. The van der Waals surface area contributed by atoms with E-state index in [1.807, 2.05) is 36.4 Å². The lowest BCUT2D eigenvalue weighted by molar-refractivity contribution is 0.0907. The van der Waals surface area contributed by atoms with Crippen LogP contribution in [-0.4, -0.2) is 45.9 Å². The van der Waals surface area contributed by atoms with Crippen LogP contribution >= 0.6 is 136 Å². The lowest BCUT2D eigenvalue weighted by Gasteiger charge is -2.15. The smallest absolute Gasteiger partial charge is 0.186 e. The van der Waals surface area contributed by atoms with E-state index in [4.69, 9.17) is 30.4 Å². The van der Waals surface area contributed by atoms with Crippen LogP contribution < -0.4 is 25.7 Å². The zero-order chi connectivity index (χ0) is 34.1. The number of benzene rings is 3. The summed E-state index contributed by atoms with van der Waals surface area (Å²) in [5, 5.41) is 17.8. The minimum Gasteiger partial charge on any atom is -0.513 e. The van der Waals surface area contributed by atoms with Crippen molar-refractivity contribution in [3.8, 4) is 23.0 Å². The molecular weight excluding hydrogens is 1290 g/mol. The van der Waals surface area contributed by atoms with Crippen LogP contribution in [0.4, 0.5) is 0 Å². The van der Waals surface area contributed by atoms with Gasteiger partial charge in [-0.15, -0.1) is 5.10 Å². The summed E-state index contributed by atoms with van der Waals surface area (Å²) in [6, 6.07) is 11.9. The van der Waals surface area contributed by atoms with Gasteiger partial charge in [0, 0.05) is 6.42 Å². The molecule has 4 rings (SSSR count). The van der Waals surface area contributed by atoms with Crippen LogP contribution in [0.2, 0.25) is 0 Å². The molecule has 0 spiro atoms. The van der Waals surface area contributed by atoms with Crippen LogP contribution in [0.3, 0.4) is 0 Å². The third-order valence-electron chi connectivity index (χ3n) is 6.14. The molecule has 11 nitrogen and oxygen atoms in total. The minimum atomic E-state index is 0.0655. The first-order chi connectivity index (χ1) is 22.4. The molecule has 0 unspecified atom stereocenters. The average molecular weight is 1310 g/mol. The van der Waals surface area contributed by atoms with Gasteiger partial charge in [0.05, 0.1) is 65.4 Å². The normalized spacial score (nSPS) is 10.9. The molecule has 5 N–H and O–H groups in total.